The van der Waals surface area contributed by atoms with E-state index in [0.29, 0.717) is 6.42 Å². The summed E-state index contributed by atoms with van der Waals surface area (Å²) in [5, 5.41) is 21.6. The highest BCUT2D eigenvalue weighted by atomic mass is 16.4. The zero-order valence-electron chi connectivity index (χ0n) is 15.8. The van der Waals surface area contributed by atoms with Crippen molar-refractivity contribution in [2.24, 2.45) is 5.92 Å². The predicted octanol–water partition coefficient (Wildman–Crippen LogP) is 3.14. The molecular formula is C21H26N2O4. The van der Waals surface area contributed by atoms with Crippen LogP contribution in [0.3, 0.4) is 0 Å². The summed E-state index contributed by atoms with van der Waals surface area (Å²) in [6, 6.07) is 9.58. The molecule has 0 spiro atoms. The molecule has 0 amide bonds. The second-order valence-corrected chi connectivity index (χ2v) is 7.20. The highest BCUT2D eigenvalue weighted by Gasteiger charge is 2.26. The van der Waals surface area contributed by atoms with Crippen molar-refractivity contribution in [1.29, 1.82) is 0 Å². The molecule has 0 bridgehead atoms. The highest BCUT2D eigenvalue weighted by Crippen LogP contribution is 2.18. The topological polar surface area (TPSA) is 99.5 Å². The molecule has 0 aliphatic carbocycles. The Balaban J connectivity index is 2.10. The minimum Gasteiger partial charge on any atom is -0.480 e. The Kier molecular flexibility index (Phi) is 7.07. The third kappa shape index (κ3) is 6.18. The van der Waals surface area contributed by atoms with Gasteiger partial charge < -0.3 is 10.2 Å². The molecule has 27 heavy (non-hydrogen) atoms. The lowest BCUT2D eigenvalue weighted by molar-refractivity contribution is -0.142. The molecule has 1 heterocycles. The van der Waals surface area contributed by atoms with Crippen LogP contribution in [0.2, 0.25) is 0 Å². The molecule has 3 N–H and O–H groups in total. The van der Waals surface area contributed by atoms with Gasteiger partial charge in [-0.2, -0.15) is 0 Å². The SMILES string of the molecule is Cc1ccc(-c2ccc(CC(NC(CC(C)C)C(=O)O)C(=O)O)cc2)nc1. The maximum Gasteiger partial charge on any atom is 0.321 e. The van der Waals surface area contributed by atoms with E-state index in [-0.39, 0.29) is 12.3 Å². The number of benzene rings is 1. The van der Waals surface area contributed by atoms with Gasteiger partial charge in [0, 0.05) is 11.8 Å². The maximum absolute atomic E-state index is 11.6. The first-order valence-electron chi connectivity index (χ1n) is 9.00. The zero-order chi connectivity index (χ0) is 20.0. The molecule has 2 unspecified atom stereocenters. The van der Waals surface area contributed by atoms with Crippen molar-refractivity contribution in [2.45, 2.75) is 45.7 Å². The van der Waals surface area contributed by atoms with Crippen LogP contribution in [0.15, 0.2) is 42.6 Å². The van der Waals surface area contributed by atoms with Crippen LogP contribution in [0.5, 0.6) is 0 Å². The van der Waals surface area contributed by atoms with Gasteiger partial charge >= 0.3 is 11.9 Å². The van der Waals surface area contributed by atoms with E-state index in [2.05, 4.69) is 10.3 Å². The summed E-state index contributed by atoms with van der Waals surface area (Å²) in [5.74, 6) is -1.95. The molecule has 0 saturated heterocycles. The molecule has 2 rings (SSSR count). The average Bonchev–Trinajstić information content (AvgIpc) is 2.61. The van der Waals surface area contributed by atoms with Crippen LogP contribution in [0, 0.1) is 12.8 Å². The number of hydrogen-bond acceptors (Lipinski definition) is 4. The fourth-order valence-corrected chi connectivity index (χ4v) is 2.86. The molecule has 6 heteroatoms. The van der Waals surface area contributed by atoms with Crippen molar-refractivity contribution in [1.82, 2.24) is 10.3 Å². The summed E-state index contributed by atoms with van der Waals surface area (Å²) < 4.78 is 0. The van der Waals surface area contributed by atoms with Crippen LogP contribution in [0.1, 0.15) is 31.4 Å². The number of aromatic nitrogens is 1. The Morgan fingerprint density at radius 3 is 2.11 bits per heavy atom. The summed E-state index contributed by atoms with van der Waals surface area (Å²) in [4.78, 5) is 27.4. The quantitative estimate of drug-likeness (QED) is 0.627. The van der Waals surface area contributed by atoms with E-state index in [1.54, 1.807) is 6.20 Å². The molecular weight excluding hydrogens is 344 g/mol. The van der Waals surface area contributed by atoms with Crippen molar-refractivity contribution < 1.29 is 19.8 Å². The number of pyridine rings is 1. The molecule has 0 aliphatic rings. The second kappa shape index (κ2) is 9.28. The third-order valence-electron chi connectivity index (χ3n) is 4.31. The fourth-order valence-electron chi connectivity index (χ4n) is 2.86. The molecule has 2 atom stereocenters. The lowest BCUT2D eigenvalue weighted by Gasteiger charge is -2.21. The van der Waals surface area contributed by atoms with Crippen molar-refractivity contribution in [3.05, 3.63) is 53.7 Å². The van der Waals surface area contributed by atoms with E-state index >= 15 is 0 Å². The van der Waals surface area contributed by atoms with E-state index in [0.717, 1.165) is 22.4 Å². The van der Waals surface area contributed by atoms with Crippen LogP contribution in [-0.2, 0) is 16.0 Å². The molecule has 6 nitrogen and oxygen atoms in total. The molecule has 0 fully saturated rings. The fraction of sp³-hybridized carbons (Fsp3) is 0.381. The van der Waals surface area contributed by atoms with Crippen LogP contribution >= 0.6 is 0 Å². The Hall–Kier alpha value is -2.73. The number of nitrogens with one attached hydrogen (secondary N) is 1. The van der Waals surface area contributed by atoms with E-state index in [4.69, 9.17) is 0 Å². The minimum atomic E-state index is -1.06. The zero-order valence-corrected chi connectivity index (χ0v) is 15.8. The number of nitrogens with zero attached hydrogens (tertiary/aromatic N) is 1. The van der Waals surface area contributed by atoms with Gasteiger partial charge in [0.15, 0.2) is 0 Å². The third-order valence-corrected chi connectivity index (χ3v) is 4.31. The number of hydrogen-bond donors (Lipinski definition) is 3. The Labute approximate surface area is 159 Å². The smallest absolute Gasteiger partial charge is 0.321 e. The predicted molar refractivity (Wildman–Crippen MR) is 104 cm³/mol. The number of carboxylic acids is 2. The van der Waals surface area contributed by atoms with Crippen LogP contribution < -0.4 is 5.32 Å². The summed E-state index contributed by atoms with van der Waals surface area (Å²) in [7, 11) is 0. The van der Waals surface area contributed by atoms with Gasteiger partial charge in [-0.25, -0.2) is 0 Å². The summed E-state index contributed by atoms with van der Waals surface area (Å²) in [6.07, 6.45) is 2.38. The van der Waals surface area contributed by atoms with Crippen LogP contribution in [-0.4, -0.2) is 39.2 Å². The van der Waals surface area contributed by atoms with Gasteiger partial charge in [0.1, 0.15) is 12.1 Å². The van der Waals surface area contributed by atoms with Gasteiger partial charge in [0.2, 0.25) is 0 Å². The molecule has 1 aromatic carbocycles. The molecule has 0 aliphatic heterocycles. The first-order valence-corrected chi connectivity index (χ1v) is 9.00. The molecule has 2 aromatic rings. The van der Waals surface area contributed by atoms with Crippen molar-refractivity contribution in [2.75, 3.05) is 0 Å². The lowest BCUT2D eigenvalue weighted by Crippen LogP contribution is -2.48. The first-order chi connectivity index (χ1) is 12.8. The normalized spacial score (nSPS) is 13.3. The van der Waals surface area contributed by atoms with Crippen molar-refractivity contribution in [3.8, 4) is 11.3 Å². The Bertz CT molecular complexity index is 770. The molecule has 1 aromatic heterocycles. The largest absolute Gasteiger partial charge is 0.480 e. The maximum atomic E-state index is 11.6. The minimum absolute atomic E-state index is 0.148. The number of rotatable bonds is 9. The number of aryl methyl sites for hydroxylation is 1. The summed E-state index contributed by atoms with van der Waals surface area (Å²) in [6.45, 7) is 5.79. The first kappa shape index (κ1) is 20.6. The number of carbonyl (C=O) groups is 2. The number of carboxylic acid groups (broad SMARTS) is 2. The summed E-state index contributed by atoms with van der Waals surface area (Å²) in [5.41, 5.74) is 3.70. The lowest BCUT2D eigenvalue weighted by atomic mass is 9.99. The van der Waals surface area contributed by atoms with Gasteiger partial charge in [-0.1, -0.05) is 44.2 Å². The van der Waals surface area contributed by atoms with Gasteiger partial charge in [-0.15, -0.1) is 0 Å². The molecule has 0 radical (unpaired) electrons. The van der Waals surface area contributed by atoms with E-state index in [9.17, 15) is 19.8 Å². The van der Waals surface area contributed by atoms with Crippen molar-refractivity contribution >= 4 is 11.9 Å². The summed E-state index contributed by atoms with van der Waals surface area (Å²) >= 11 is 0. The Morgan fingerprint density at radius 2 is 1.63 bits per heavy atom. The Morgan fingerprint density at radius 1 is 1.00 bits per heavy atom. The van der Waals surface area contributed by atoms with Crippen molar-refractivity contribution in [3.63, 3.8) is 0 Å². The standard InChI is InChI=1S/C21H26N2O4/c1-13(2)10-18(20(24)25)23-19(21(26)27)11-15-5-7-16(8-6-15)17-9-4-14(3)12-22-17/h4-9,12-13,18-19,23H,10-11H2,1-3H3,(H,24,25)(H,26,27). The van der Waals surface area contributed by atoms with Gasteiger partial charge in [-0.3, -0.25) is 19.9 Å². The van der Waals surface area contributed by atoms with E-state index in [1.807, 2.05) is 57.2 Å². The van der Waals surface area contributed by atoms with Crippen LogP contribution in [0.25, 0.3) is 11.3 Å². The number of aliphatic carboxylic acids is 2. The monoisotopic (exact) mass is 370 g/mol. The van der Waals surface area contributed by atoms with Gasteiger partial charge in [-0.05, 0) is 42.9 Å². The second-order valence-electron chi connectivity index (χ2n) is 7.20. The van der Waals surface area contributed by atoms with E-state index in [1.165, 1.54) is 0 Å². The molecule has 0 saturated carbocycles. The van der Waals surface area contributed by atoms with Crippen LogP contribution in [0.4, 0.5) is 0 Å². The van der Waals surface area contributed by atoms with E-state index < -0.39 is 24.0 Å². The molecule has 144 valence electrons. The average molecular weight is 370 g/mol. The van der Waals surface area contributed by atoms with Gasteiger partial charge in [0.25, 0.3) is 0 Å². The highest BCUT2D eigenvalue weighted by molar-refractivity contribution is 5.77. The van der Waals surface area contributed by atoms with Gasteiger partial charge in [0.05, 0.1) is 5.69 Å².